The lowest BCUT2D eigenvalue weighted by molar-refractivity contribution is -0.138. The van der Waals surface area contributed by atoms with E-state index in [1.54, 1.807) is 18.2 Å². The van der Waals surface area contributed by atoms with Crippen LogP contribution in [0.5, 0.6) is 11.5 Å². The van der Waals surface area contributed by atoms with Crippen LogP contribution < -0.4 is 25.2 Å². The van der Waals surface area contributed by atoms with Crippen molar-refractivity contribution in [2.45, 2.75) is 32.1 Å². The number of aromatic amines is 1. The summed E-state index contributed by atoms with van der Waals surface area (Å²) in [5, 5.41) is 2.55. The quantitative estimate of drug-likeness (QED) is 0.461. The summed E-state index contributed by atoms with van der Waals surface area (Å²) in [5.41, 5.74) is -2.13. The van der Waals surface area contributed by atoms with Crippen molar-refractivity contribution in [2.75, 3.05) is 37.1 Å². The molecule has 2 aliphatic heterocycles. The van der Waals surface area contributed by atoms with Gasteiger partial charge in [-0.05, 0) is 50.7 Å². The van der Waals surface area contributed by atoms with Crippen molar-refractivity contribution in [3.63, 3.8) is 0 Å². The standard InChI is InChI=1S/C27H26F4N4O4/c1-14-11-35(12-15(2)34(14)3)22-9-20(28)17(16-4-5-23-24(6-16)39-13-38-23)7-21(22)33-26(37)18-10-32-25(36)8-19(18)27(29,30)31/h4-10,14-15H,11-13H2,1-3H3,(H,32,36)(H,33,37). The number of carbonyl (C=O) groups excluding carboxylic acids is 1. The fraction of sp³-hybridized carbons (Fsp3) is 0.333. The largest absolute Gasteiger partial charge is 0.454 e. The smallest absolute Gasteiger partial charge is 0.417 e. The lowest BCUT2D eigenvalue weighted by atomic mass is 10.0. The summed E-state index contributed by atoms with van der Waals surface area (Å²) in [5.74, 6) is -0.756. The number of ether oxygens (including phenoxy) is 2. The first-order valence-corrected chi connectivity index (χ1v) is 12.2. The number of hydrogen-bond acceptors (Lipinski definition) is 6. The third kappa shape index (κ3) is 5.16. The second-order valence-electron chi connectivity index (χ2n) is 9.76. The SMILES string of the molecule is CC1CN(c2cc(F)c(-c3ccc4c(c3)OCO4)cc2NC(=O)c2c[nH]c(=O)cc2C(F)(F)F)CC(C)N1C. The van der Waals surface area contributed by atoms with Gasteiger partial charge in [-0.1, -0.05) is 6.07 Å². The minimum atomic E-state index is -4.94. The molecule has 3 heterocycles. The van der Waals surface area contributed by atoms with Crippen LogP contribution in [0.2, 0.25) is 0 Å². The molecule has 2 aliphatic rings. The predicted molar refractivity (Wildman–Crippen MR) is 137 cm³/mol. The van der Waals surface area contributed by atoms with Gasteiger partial charge in [-0.3, -0.25) is 14.5 Å². The average Bonchev–Trinajstić information content (AvgIpc) is 3.35. The highest BCUT2D eigenvalue weighted by atomic mass is 19.4. The van der Waals surface area contributed by atoms with Crippen molar-refractivity contribution in [3.05, 3.63) is 69.9 Å². The number of halogens is 4. The van der Waals surface area contributed by atoms with Gasteiger partial charge in [0.25, 0.3) is 5.91 Å². The fourth-order valence-corrected chi connectivity index (χ4v) is 4.89. The zero-order valence-electron chi connectivity index (χ0n) is 21.4. The first-order valence-electron chi connectivity index (χ1n) is 12.2. The Hall–Kier alpha value is -4.06. The van der Waals surface area contributed by atoms with Crippen molar-refractivity contribution in [2.24, 2.45) is 0 Å². The molecule has 0 bridgehead atoms. The third-order valence-electron chi connectivity index (χ3n) is 7.19. The van der Waals surface area contributed by atoms with Crippen LogP contribution in [0.1, 0.15) is 29.8 Å². The number of piperazine rings is 1. The number of rotatable bonds is 4. The van der Waals surface area contributed by atoms with E-state index in [1.807, 2.05) is 25.8 Å². The normalized spacial score (nSPS) is 19.3. The summed E-state index contributed by atoms with van der Waals surface area (Å²) in [6.45, 7) is 5.04. The van der Waals surface area contributed by atoms with Crippen molar-refractivity contribution in [3.8, 4) is 22.6 Å². The Labute approximate surface area is 221 Å². The molecule has 0 spiro atoms. The lowest BCUT2D eigenvalue weighted by Gasteiger charge is -2.44. The van der Waals surface area contributed by atoms with E-state index in [9.17, 15) is 22.8 Å². The number of amides is 1. The van der Waals surface area contributed by atoms with Gasteiger partial charge in [-0.2, -0.15) is 13.2 Å². The van der Waals surface area contributed by atoms with Crippen LogP contribution in [-0.4, -0.2) is 54.8 Å². The van der Waals surface area contributed by atoms with E-state index in [4.69, 9.17) is 9.47 Å². The van der Waals surface area contributed by atoms with E-state index in [-0.39, 0.29) is 30.1 Å². The molecule has 0 radical (unpaired) electrons. The highest BCUT2D eigenvalue weighted by molar-refractivity contribution is 6.07. The molecule has 39 heavy (non-hydrogen) atoms. The number of benzene rings is 2. The predicted octanol–water partition coefficient (Wildman–Crippen LogP) is 4.71. The monoisotopic (exact) mass is 546 g/mol. The molecule has 5 rings (SSSR count). The van der Waals surface area contributed by atoms with Crippen molar-refractivity contribution in [1.82, 2.24) is 9.88 Å². The van der Waals surface area contributed by atoms with E-state index < -0.39 is 34.6 Å². The number of alkyl halides is 3. The van der Waals surface area contributed by atoms with E-state index >= 15 is 4.39 Å². The molecule has 8 nitrogen and oxygen atoms in total. The summed E-state index contributed by atoms with van der Waals surface area (Å²) in [7, 11) is 1.98. The minimum absolute atomic E-state index is 0.0298. The van der Waals surface area contributed by atoms with Gasteiger partial charge in [-0.15, -0.1) is 0 Å². The Morgan fingerprint density at radius 2 is 1.74 bits per heavy atom. The molecule has 1 aromatic heterocycles. The van der Waals surface area contributed by atoms with Crippen molar-refractivity contribution in [1.29, 1.82) is 0 Å². The topological polar surface area (TPSA) is 86.9 Å². The molecule has 1 amide bonds. The van der Waals surface area contributed by atoms with Gasteiger partial charge in [0.15, 0.2) is 11.5 Å². The van der Waals surface area contributed by atoms with Crippen LogP contribution in [-0.2, 0) is 6.18 Å². The van der Waals surface area contributed by atoms with Gasteiger partial charge in [0.2, 0.25) is 12.4 Å². The summed E-state index contributed by atoms with van der Waals surface area (Å²) >= 11 is 0. The molecule has 3 aromatic rings. The highest BCUT2D eigenvalue weighted by Crippen LogP contribution is 2.40. The molecule has 0 aliphatic carbocycles. The van der Waals surface area contributed by atoms with E-state index in [1.165, 1.54) is 12.1 Å². The molecular formula is C27H26F4N4O4. The first-order chi connectivity index (χ1) is 18.4. The summed E-state index contributed by atoms with van der Waals surface area (Å²) in [6.07, 6.45) is -4.21. The average molecular weight is 547 g/mol. The van der Waals surface area contributed by atoms with Gasteiger partial charge in [0.05, 0.1) is 22.5 Å². The third-order valence-corrected chi connectivity index (χ3v) is 7.19. The number of anilines is 2. The molecule has 2 unspecified atom stereocenters. The summed E-state index contributed by atoms with van der Waals surface area (Å²) in [6, 6.07) is 8.03. The number of pyridine rings is 1. The van der Waals surface area contributed by atoms with Crippen LogP contribution in [0.25, 0.3) is 11.1 Å². The number of likely N-dealkylation sites (N-methyl/N-ethyl adjacent to an activating group) is 1. The van der Waals surface area contributed by atoms with Crippen LogP contribution in [0.4, 0.5) is 28.9 Å². The molecular weight excluding hydrogens is 520 g/mol. The highest BCUT2D eigenvalue weighted by Gasteiger charge is 2.36. The maximum Gasteiger partial charge on any atom is 0.417 e. The Morgan fingerprint density at radius 1 is 1.05 bits per heavy atom. The van der Waals surface area contributed by atoms with Crippen LogP contribution in [0.3, 0.4) is 0 Å². The molecule has 1 fully saturated rings. The summed E-state index contributed by atoms with van der Waals surface area (Å²) in [4.78, 5) is 31.0. The number of H-pyrrole nitrogens is 1. The Kier molecular flexibility index (Phi) is 6.75. The molecule has 206 valence electrons. The molecule has 12 heteroatoms. The maximum atomic E-state index is 15.6. The Bertz CT molecular complexity index is 1480. The van der Waals surface area contributed by atoms with Gasteiger partial charge >= 0.3 is 6.18 Å². The zero-order chi connectivity index (χ0) is 28.1. The maximum absolute atomic E-state index is 15.6. The van der Waals surface area contributed by atoms with Crippen molar-refractivity contribution >= 4 is 17.3 Å². The molecule has 2 atom stereocenters. The molecule has 2 N–H and O–H groups in total. The number of hydrogen-bond donors (Lipinski definition) is 2. The Balaban J connectivity index is 1.60. The number of carbonyl (C=O) groups is 1. The summed E-state index contributed by atoms with van der Waals surface area (Å²) < 4.78 is 67.3. The van der Waals surface area contributed by atoms with E-state index in [2.05, 4.69) is 15.2 Å². The number of nitrogens with one attached hydrogen (secondary N) is 2. The number of nitrogens with zero attached hydrogens (tertiary/aromatic N) is 2. The fourth-order valence-electron chi connectivity index (χ4n) is 4.89. The second kappa shape index (κ2) is 9.92. The minimum Gasteiger partial charge on any atom is -0.454 e. The number of fused-ring (bicyclic) bond motifs is 1. The van der Waals surface area contributed by atoms with Gasteiger partial charge < -0.3 is 24.7 Å². The van der Waals surface area contributed by atoms with Crippen LogP contribution >= 0.6 is 0 Å². The lowest BCUT2D eigenvalue weighted by Crippen LogP contribution is -2.55. The second-order valence-corrected chi connectivity index (χ2v) is 9.76. The molecule has 2 aromatic carbocycles. The number of aromatic nitrogens is 1. The van der Waals surface area contributed by atoms with Gasteiger partial charge in [0.1, 0.15) is 5.82 Å². The van der Waals surface area contributed by atoms with E-state index in [0.717, 1.165) is 6.20 Å². The van der Waals surface area contributed by atoms with Crippen LogP contribution in [0.15, 0.2) is 47.4 Å². The van der Waals surface area contributed by atoms with Gasteiger partial charge in [-0.25, -0.2) is 4.39 Å². The van der Waals surface area contributed by atoms with Crippen molar-refractivity contribution < 1.29 is 31.8 Å². The Morgan fingerprint density at radius 3 is 2.44 bits per heavy atom. The van der Waals surface area contributed by atoms with Gasteiger partial charge in [0, 0.05) is 43.0 Å². The molecule has 0 saturated carbocycles. The van der Waals surface area contributed by atoms with Crippen LogP contribution in [0, 0.1) is 5.82 Å². The first kappa shape index (κ1) is 26.5. The molecule has 1 saturated heterocycles. The zero-order valence-corrected chi connectivity index (χ0v) is 21.4. The van der Waals surface area contributed by atoms with E-state index in [0.29, 0.717) is 41.9 Å².